The van der Waals surface area contributed by atoms with Crippen LogP contribution < -0.4 is 4.74 Å². The van der Waals surface area contributed by atoms with Gasteiger partial charge in [-0.3, -0.25) is 0 Å². The molecule has 0 aliphatic rings. The minimum Gasteiger partial charge on any atom is -0.484 e. The van der Waals surface area contributed by atoms with Crippen molar-refractivity contribution in [3.8, 4) is 5.75 Å². The number of halogens is 2. The standard InChI is InChI=1S/C15H12BrClN4O2S/c1-24-15-20-18-9-21(15)19-7-11-3-4-12(23-11)8-22-14-5-2-10(16)6-13(14)17/h2-7,9H,8H2,1H3/b19-7+. The maximum atomic E-state index is 6.11. The number of thioether (sulfide) groups is 1. The fourth-order valence-electron chi connectivity index (χ4n) is 1.83. The first-order valence-corrected chi connectivity index (χ1v) is 9.20. The molecule has 0 saturated heterocycles. The van der Waals surface area contributed by atoms with Crippen LogP contribution in [0, 0.1) is 0 Å². The molecule has 2 aromatic heterocycles. The highest BCUT2D eigenvalue weighted by atomic mass is 79.9. The first kappa shape index (κ1) is 17.1. The topological polar surface area (TPSA) is 65.4 Å². The van der Waals surface area contributed by atoms with Gasteiger partial charge in [0.05, 0.1) is 11.2 Å². The second kappa shape index (κ2) is 7.87. The molecule has 0 fully saturated rings. The van der Waals surface area contributed by atoms with E-state index in [1.54, 1.807) is 23.0 Å². The van der Waals surface area contributed by atoms with Crippen LogP contribution in [-0.4, -0.2) is 27.3 Å². The summed E-state index contributed by atoms with van der Waals surface area (Å²) in [6, 6.07) is 9.08. The van der Waals surface area contributed by atoms with Crippen molar-refractivity contribution in [3.05, 3.63) is 57.7 Å². The van der Waals surface area contributed by atoms with Crippen LogP contribution in [0.15, 0.2) is 55.8 Å². The Morgan fingerprint density at radius 2 is 2.29 bits per heavy atom. The van der Waals surface area contributed by atoms with Gasteiger partial charge in [-0.1, -0.05) is 39.3 Å². The lowest BCUT2D eigenvalue weighted by molar-refractivity contribution is 0.270. The molecule has 124 valence electrons. The molecule has 24 heavy (non-hydrogen) atoms. The third-order valence-electron chi connectivity index (χ3n) is 2.94. The number of hydrogen-bond donors (Lipinski definition) is 0. The quantitative estimate of drug-likeness (QED) is 0.429. The monoisotopic (exact) mass is 426 g/mol. The molecular formula is C15H12BrClN4O2S. The van der Waals surface area contributed by atoms with E-state index in [1.165, 1.54) is 18.1 Å². The Hall–Kier alpha value is -1.77. The normalized spacial score (nSPS) is 11.3. The molecular weight excluding hydrogens is 416 g/mol. The predicted molar refractivity (Wildman–Crippen MR) is 97.0 cm³/mol. The van der Waals surface area contributed by atoms with Gasteiger partial charge in [-0.25, -0.2) is 0 Å². The van der Waals surface area contributed by atoms with Gasteiger partial charge >= 0.3 is 0 Å². The lowest BCUT2D eigenvalue weighted by Gasteiger charge is -2.06. The van der Waals surface area contributed by atoms with Gasteiger partial charge in [-0.05, 0) is 36.6 Å². The van der Waals surface area contributed by atoms with Gasteiger partial charge in [-0.2, -0.15) is 9.78 Å². The van der Waals surface area contributed by atoms with Gasteiger partial charge < -0.3 is 9.15 Å². The summed E-state index contributed by atoms with van der Waals surface area (Å²) in [6.07, 6.45) is 5.04. The highest BCUT2D eigenvalue weighted by Gasteiger charge is 2.06. The van der Waals surface area contributed by atoms with Crippen LogP contribution in [0.1, 0.15) is 11.5 Å². The summed E-state index contributed by atoms with van der Waals surface area (Å²) in [7, 11) is 0. The number of benzene rings is 1. The van der Waals surface area contributed by atoms with E-state index in [-0.39, 0.29) is 6.61 Å². The van der Waals surface area contributed by atoms with Crippen LogP contribution in [0.3, 0.4) is 0 Å². The SMILES string of the molecule is CSc1nncn1/N=C/c1ccc(COc2ccc(Br)cc2Cl)o1. The number of aromatic nitrogens is 3. The number of nitrogens with zero attached hydrogens (tertiary/aromatic N) is 4. The van der Waals surface area contributed by atoms with Crippen molar-refractivity contribution in [2.75, 3.05) is 6.26 Å². The average molecular weight is 428 g/mol. The second-order valence-corrected chi connectivity index (χ2v) is 6.67. The molecule has 3 rings (SSSR count). The predicted octanol–water partition coefficient (Wildman–Crippen LogP) is 4.47. The van der Waals surface area contributed by atoms with Gasteiger partial charge in [0.15, 0.2) is 0 Å². The lowest BCUT2D eigenvalue weighted by atomic mass is 10.3. The molecule has 0 N–H and O–H groups in total. The van der Waals surface area contributed by atoms with E-state index in [1.807, 2.05) is 24.5 Å². The molecule has 9 heteroatoms. The number of ether oxygens (including phenoxy) is 1. The first-order chi connectivity index (χ1) is 11.7. The van der Waals surface area contributed by atoms with E-state index < -0.39 is 0 Å². The van der Waals surface area contributed by atoms with Crippen molar-refractivity contribution in [2.24, 2.45) is 5.10 Å². The third kappa shape index (κ3) is 4.19. The van der Waals surface area contributed by atoms with Crippen LogP contribution in [0.4, 0.5) is 0 Å². The minimum absolute atomic E-state index is 0.276. The van der Waals surface area contributed by atoms with E-state index in [4.69, 9.17) is 20.8 Å². The van der Waals surface area contributed by atoms with Crippen LogP contribution in [0.25, 0.3) is 0 Å². The molecule has 0 spiro atoms. The molecule has 2 heterocycles. The van der Waals surface area contributed by atoms with Gasteiger partial charge in [-0.15, -0.1) is 10.2 Å². The summed E-state index contributed by atoms with van der Waals surface area (Å²) in [6.45, 7) is 0.276. The first-order valence-electron chi connectivity index (χ1n) is 6.80. The van der Waals surface area contributed by atoms with Crippen LogP contribution in [0.2, 0.25) is 5.02 Å². The molecule has 0 amide bonds. The average Bonchev–Trinajstić information content (AvgIpc) is 3.20. The van der Waals surface area contributed by atoms with E-state index in [9.17, 15) is 0 Å². The van der Waals surface area contributed by atoms with E-state index in [0.717, 1.165) is 4.47 Å². The molecule has 0 aliphatic carbocycles. The summed E-state index contributed by atoms with van der Waals surface area (Å²) in [5.41, 5.74) is 0. The summed E-state index contributed by atoms with van der Waals surface area (Å²) >= 11 is 10.9. The Kier molecular flexibility index (Phi) is 5.60. The zero-order chi connectivity index (χ0) is 16.9. The Balaban J connectivity index is 1.63. The Labute approximate surface area is 156 Å². The van der Waals surface area contributed by atoms with E-state index >= 15 is 0 Å². The van der Waals surface area contributed by atoms with Crippen molar-refractivity contribution in [1.82, 2.24) is 14.9 Å². The fourth-order valence-corrected chi connectivity index (χ4v) is 2.97. The highest BCUT2D eigenvalue weighted by molar-refractivity contribution is 9.10. The third-order valence-corrected chi connectivity index (χ3v) is 4.36. The number of hydrogen-bond acceptors (Lipinski definition) is 6. The molecule has 0 unspecified atom stereocenters. The van der Waals surface area contributed by atoms with Crippen molar-refractivity contribution in [1.29, 1.82) is 0 Å². The Bertz CT molecular complexity index is 865. The number of furan rings is 1. The molecule has 1 aromatic carbocycles. The van der Waals surface area contributed by atoms with Gasteiger partial charge in [0.2, 0.25) is 5.16 Å². The van der Waals surface area contributed by atoms with Crippen molar-refractivity contribution in [2.45, 2.75) is 11.8 Å². The zero-order valence-corrected chi connectivity index (χ0v) is 15.7. The van der Waals surface area contributed by atoms with E-state index in [2.05, 4.69) is 31.2 Å². The van der Waals surface area contributed by atoms with Gasteiger partial charge in [0.25, 0.3) is 0 Å². The zero-order valence-electron chi connectivity index (χ0n) is 12.5. The summed E-state index contributed by atoms with van der Waals surface area (Å²) in [5, 5.41) is 13.2. The van der Waals surface area contributed by atoms with Crippen LogP contribution in [0.5, 0.6) is 5.75 Å². The summed E-state index contributed by atoms with van der Waals surface area (Å²) in [4.78, 5) is 0. The van der Waals surface area contributed by atoms with Gasteiger partial charge in [0, 0.05) is 4.47 Å². The Morgan fingerprint density at radius 3 is 3.08 bits per heavy atom. The van der Waals surface area contributed by atoms with Crippen molar-refractivity contribution in [3.63, 3.8) is 0 Å². The fraction of sp³-hybridized carbons (Fsp3) is 0.133. The van der Waals surface area contributed by atoms with Crippen LogP contribution in [-0.2, 0) is 6.61 Å². The maximum Gasteiger partial charge on any atom is 0.211 e. The number of rotatable bonds is 6. The van der Waals surface area contributed by atoms with Crippen LogP contribution >= 0.6 is 39.3 Å². The molecule has 6 nitrogen and oxygen atoms in total. The van der Waals surface area contributed by atoms with E-state index in [0.29, 0.717) is 27.4 Å². The Morgan fingerprint density at radius 1 is 1.42 bits per heavy atom. The highest BCUT2D eigenvalue weighted by Crippen LogP contribution is 2.28. The largest absolute Gasteiger partial charge is 0.484 e. The molecule has 0 radical (unpaired) electrons. The van der Waals surface area contributed by atoms with Gasteiger partial charge in [0.1, 0.15) is 30.2 Å². The minimum atomic E-state index is 0.276. The van der Waals surface area contributed by atoms with Crippen molar-refractivity contribution >= 4 is 45.5 Å². The van der Waals surface area contributed by atoms with Crippen molar-refractivity contribution < 1.29 is 9.15 Å². The molecule has 0 bridgehead atoms. The molecule has 0 atom stereocenters. The molecule has 0 aliphatic heterocycles. The lowest BCUT2D eigenvalue weighted by Crippen LogP contribution is -1.94. The second-order valence-electron chi connectivity index (χ2n) is 4.57. The molecule has 0 saturated carbocycles. The maximum absolute atomic E-state index is 6.11. The smallest absolute Gasteiger partial charge is 0.211 e. The summed E-state index contributed by atoms with van der Waals surface area (Å²) < 4.78 is 13.8. The molecule has 3 aromatic rings. The summed E-state index contributed by atoms with van der Waals surface area (Å²) in [5.74, 6) is 1.88.